The maximum absolute atomic E-state index is 13.3. The van der Waals surface area contributed by atoms with Gasteiger partial charge in [-0.15, -0.1) is 0 Å². The van der Waals surface area contributed by atoms with Gasteiger partial charge in [-0.3, -0.25) is 9.59 Å². The molecule has 0 unspecified atom stereocenters. The number of halogens is 2. The van der Waals surface area contributed by atoms with E-state index in [-0.39, 0.29) is 24.3 Å². The number of benzene rings is 2. The summed E-state index contributed by atoms with van der Waals surface area (Å²) >= 11 is 5.79. The molecule has 0 radical (unpaired) electrons. The number of carbonyl (C=O) groups excluding carboxylic acids is 2. The fourth-order valence-corrected chi connectivity index (χ4v) is 2.69. The van der Waals surface area contributed by atoms with Gasteiger partial charge in [-0.05, 0) is 42.5 Å². The molecule has 0 aromatic heterocycles. The summed E-state index contributed by atoms with van der Waals surface area (Å²) in [6.45, 7) is 0.321. The first-order chi connectivity index (χ1) is 11.0. The predicted molar refractivity (Wildman–Crippen MR) is 86.1 cm³/mol. The minimum atomic E-state index is -0.399. The molecule has 2 aromatic rings. The third-order valence-electron chi connectivity index (χ3n) is 3.69. The van der Waals surface area contributed by atoms with Gasteiger partial charge in [-0.2, -0.15) is 0 Å². The molecule has 1 saturated heterocycles. The maximum atomic E-state index is 13.3. The molecule has 1 fully saturated rings. The first-order valence-electron chi connectivity index (χ1n) is 7.15. The zero-order chi connectivity index (χ0) is 16.4. The van der Waals surface area contributed by atoms with Gasteiger partial charge in [-0.1, -0.05) is 17.7 Å². The van der Waals surface area contributed by atoms with Crippen molar-refractivity contribution >= 4 is 29.1 Å². The molecule has 1 heterocycles. The highest BCUT2D eigenvalue weighted by atomic mass is 35.5. The van der Waals surface area contributed by atoms with Crippen LogP contribution in [0.3, 0.4) is 0 Å². The Balaban J connectivity index is 1.68. The summed E-state index contributed by atoms with van der Waals surface area (Å²) in [4.78, 5) is 25.7. The van der Waals surface area contributed by atoms with Crippen LogP contribution in [0.2, 0.25) is 5.02 Å². The number of hydrogen-bond acceptors (Lipinski definition) is 2. The Labute approximate surface area is 137 Å². The van der Waals surface area contributed by atoms with E-state index in [0.717, 1.165) is 0 Å². The van der Waals surface area contributed by atoms with Crippen LogP contribution < -0.4 is 10.2 Å². The number of rotatable bonds is 3. The van der Waals surface area contributed by atoms with Crippen LogP contribution in [-0.4, -0.2) is 24.4 Å². The van der Waals surface area contributed by atoms with Gasteiger partial charge in [-0.25, -0.2) is 4.39 Å². The van der Waals surface area contributed by atoms with E-state index >= 15 is 0 Å². The molecule has 0 spiro atoms. The lowest BCUT2D eigenvalue weighted by atomic mass is 10.2. The van der Waals surface area contributed by atoms with E-state index < -0.39 is 5.82 Å². The van der Waals surface area contributed by atoms with Gasteiger partial charge in [0, 0.05) is 29.2 Å². The normalized spacial score (nSPS) is 17.4. The van der Waals surface area contributed by atoms with Crippen molar-refractivity contribution in [3.05, 3.63) is 64.9 Å². The summed E-state index contributed by atoms with van der Waals surface area (Å²) in [5.41, 5.74) is 0.976. The Kier molecular flexibility index (Phi) is 4.30. The van der Waals surface area contributed by atoms with E-state index in [2.05, 4.69) is 5.32 Å². The Bertz CT molecular complexity index is 749. The summed E-state index contributed by atoms with van der Waals surface area (Å²) in [6.07, 6.45) is 0.190. The van der Waals surface area contributed by atoms with Gasteiger partial charge in [0.25, 0.3) is 5.91 Å². The zero-order valence-electron chi connectivity index (χ0n) is 12.1. The van der Waals surface area contributed by atoms with Gasteiger partial charge < -0.3 is 10.2 Å². The summed E-state index contributed by atoms with van der Waals surface area (Å²) in [7, 11) is 0. The Morgan fingerprint density at radius 2 is 1.96 bits per heavy atom. The predicted octanol–water partition coefficient (Wildman–Crippen LogP) is 3.01. The molecule has 3 rings (SSSR count). The summed E-state index contributed by atoms with van der Waals surface area (Å²) in [5.74, 6) is -0.804. The Hall–Kier alpha value is -2.40. The Morgan fingerprint density at radius 1 is 1.22 bits per heavy atom. The highest BCUT2D eigenvalue weighted by Gasteiger charge is 2.31. The third-order valence-corrected chi connectivity index (χ3v) is 3.94. The molecule has 23 heavy (non-hydrogen) atoms. The van der Waals surface area contributed by atoms with Crippen molar-refractivity contribution in [1.82, 2.24) is 5.32 Å². The van der Waals surface area contributed by atoms with Crippen molar-refractivity contribution in [3.63, 3.8) is 0 Å². The quantitative estimate of drug-likeness (QED) is 0.939. The summed E-state index contributed by atoms with van der Waals surface area (Å²) in [6, 6.07) is 12.1. The smallest absolute Gasteiger partial charge is 0.251 e. The van der Waals surface area contributed by atoms with Crippen LogP contribution in [0.1, 0.15) is 16.8 Å². The molecule has 1 aliphatic heterocycles. The van der Waals surface area contributed by atoms with Crippen LogP contribution in [0.4, 0.5) is 10.1 Å². The molecule has 0 saturated carbocycles. The molecule has 1 atom stereocenters. The van der Waals surface area contributed by atoms with Gasteiger partial charge in [0.05, 0.1) is 6.04 Å². The second-order valence-corrected chi connectivity index (χ2v) is 5.80. The van der Waals surface area contributed by atoms with Crippen LogP contribution in [0, 0.1) is 5.82 Å². The van der Waals surface area contributed by atoms with E-state index in [4.69, 9.17) is 11.6 Å². The summed E-state index contributed by atoms with van der Waals surface area (Å²) < 4.78 is 13.3. The molecule has 1 N–H and O–H groups in total. The van der Waals surface area contributed by atoms with Crippen molar-refractivity contribution < 1.29 is 14.0 Å². The summed E-state index contributed by atoms with van der Waals surface area (Å²) in [5, 5.41) is 3.37. The molecule has 118 valence electrons. The molecule has 1 aliphatic rings. The third kappa shape index (κ3) is 3.51. The van der Waals surface area contributed by atoms with E-state index in [1.54, 1.807) is 36.4 Å². The van der Waals surface area contributed by atoms with E-state index in [1.165, 1.54) is 17.0 Å². The second-order valence-electron chi connectivity index (χ2n) is 5.37. The zero-order valence-corrected chi connectivity index (χ0v) is 12.9. The second kappa shape index (κ2) is 6.38. The number of nitrogens with one attached hydrogen (secondary N) is 1. The van der Waals surface area contributed by atoms with Gasteiger partial charge in [0.15, 0.2) is 0 Å². The highest BCUT2D eigenvalue weighted by molar-refractivity contribution is 6.30. The molecular formula is C17H14ClFN2O2. The van der Waals surface area contributed by atoms with Gasteiger partial charge in [0.2, 0.25) is 5.91 Å². The number of carbonyl (C=O) groups is 2. The number of anilines is 1. The van der Waals surface area contributed by atoms with Crippen LogP contribution >= 0.6 is 11.6 Å². The topological polar surface area (TPSA) is 49.4 Å². The first-order valence-corrected chi connectivity index (χ1v) is 7.53. The monoisotopic (exact) mass is 332 g/mol. The largest absolute Gasteiger partial charge is 0.347 e. The van der Waals surface area contributed by atoms with Crippen LogP contribution in [-0.2, 0) is 4.79 Å². The molecule has 0 aliphatic carbocycles. The van der Waals surface area contributed by atoms with Crippen molar-refractivity contribution in [2.24, 2.45) is 0 Å². The molecular weight excluding hydrogens is 319 g/mol. The molecule has 2 aromatic carbocycles. The lowest BCUT2D eigenvalue weighted by Crippen LogP contribution is -2.37. The standard InChI is InChI=1S/C17H14ClFN2O2/c18-12-6-4-11(5-7-12)17(23)20-14-9-16(22)21(10-14)15-3-1-2-13(19)8-15/h1-8,14H,9-10H2,(H,20,23)/t14-/m0/s1. The van der Waals surface area contributed by atoms with Crippen molar-refractivity contribution in [1.29, 1.82) is 0 Å². The van der Waals surface area contributed by atoms with Gasteiger partial charge >= 0.3 is 0 Å². The molecule has 4 nitrogen and oxygen atoms in total. The number of nitrogens with zero attached hydrogens (tertiary/aromatic N) is 1. The maximum Gasteiger partial charge on any atom is 0.251 e. The number of amides is 2. The average Bonchev–Trinajstić information content (AvgIpc) is 2.88. The lowest BCUT2D eigenvalue weighted by molar-refractivity contribution is -0.117. The SMILES string of the molecule is O=C(N[C@H]1CC(=O)N(c2cccc(F)c2)C1)c1ccc(Cl)cc1. The molecule has 2 amide bonds. The van der Waals surface area contributed by atoms with Gasteiger partial charge in [0.1, 0.15) is 5.82 Å². The fourth-order valence-electron chi connectivity index (χ4n) is 2.57. The van der Waals surface area contributed by atoms with E-state index in [9.17, 15) is 14.0 Å². The van der Waals surface area contributed by atoms with Crippen LogP contribution in [0.15, 0.2) is 48.5 Å². The molecule has 6 heteroatoms. The minimum absolute atomic E-state index is 0.142. The minimum Gasteiger partial charge on any atom is -0.347 e. The van der Waals surface area contributed by atoms with Crippen molar-refractivity contribution in [2.45, 2.75) is 12.5 Å². The van der Waals surface area contributed by atoms with E-state index in [0.29, 0.717) is 22.8 Å². The van der Waals surface area contributed by atoms with Crippen LogP contribution in [0.25, 0.3) is 0 Å². The Morgan fingerprint density at radius 3 is 2.65 bits per heavy atom. The molecule has 0 bridgehead atoms. The van der Waals surface area contributed by atoms with Crippen molar-refractivity contribution in [2.75, 3.05) is 11.4 Å². The first kappa shape index (κ1) is 15.5. The highest BCUT2D eigenvalue weighted by Crippen LogP contribution is 2.22. The van der Waals surface area contributed by atoms with Crippen molar-refractivity contribution in [3.8, 4) is 0 Å². The van der Waals surface area contributed by atoms with E-state index in [1.807, 2.05) is 0 Å². The fraction of sp³-hybridized carbons (Fsp3) is 0.176. The average molecular weight is 333 g/mol. The lowest BCUT2D eigenvalue weighted by Gasteiger charge is -2.17. The number of hydrogen-bond donors (Lipinski definition) is 1. The van der Waals surface area contributed by atoms with Crippen LogP contribution in [0.5, 0.6) is 0 Å².